The van der Waals surface area contributed by atoms with Crippen LogP contribution in [0.1, 0.15) is 64.7 Å². The first-order valence-corrected chi connectivity index (χ1v) is 8.18. The molecular formula is C15H30ClN. The van der Waals surface area contributed by atoms with Crippen molar-refractivity contribution in [3.63, 3.8) is 0 Å². The Bertz CT molecular complexity index is 172. The van der Waals surface area contributed by atoms with Crippen LogP contribution in [0.25, 0.3) is 0 Å². The summed E-state index contributed by atoms with van der Waals surface area (Å²) in [5.74, 6) is 1.62. The van der Waals surface area contributed by atoms with Crippen LogP contribution in [0.2, 0.25) is 0 Å². The maximum absolute atomic E-state index is 5.89. The summed E-state index contributed by atoms with van der Waals surface area (Å²) in [6, 6.07) is 0. The van der Waals surface area contributed by atoms with Crippen molar-refractivity contribution in [2.24, 2.45) is 5.92 Å². The lowest BCUT2D eigenvalue weighted by atomic mass is 10.1. The maximum atomic E-state index is 5.89. The van der Waals surface area contributed by atoms with Gasteiger partial charge in [0.1, 0.15) is 0 Å². The molecule has 1 aliphatic rings. The maximum Gasteiger partial charge on any atom is 0.0264 e. The summed E-state index contributed by atoms with van der Waals surface area (Å²) < 4.78 is 0. The van der Waals surface area contributed by atoms with Crippen LogP contribution in [0.3, 0.4) is 0 Å². The van der Waals surface area contributed by atoms with Gasteiger partial charge >= 0.3 is 0 Å². The highest BCUT2D eigenvalue weighted by molar-refractivity contribution is 6.18. The van der Waals surface area contributed by atoms with E-state index in [1.807, 2.05) is 0 Å². The topological polar surface area (TPSA) is 3.24 Å². The molecule has 2 heteroatoms. The molecule has 0 saturated carbocycles. The predicted octanol–water partition coefficient (Wildman–Crippen LogP) is 4.69. The van der Waals surface area contributed by atoms with Crippen LogP contribution in [-0.2, 0) is 0 Å². The molecule has 102 valence electrons. The van der Waals surface area contributed by atoms with E-state index in [1.165, 1.54) is 77.4 Å². The fraction of sp³-hybridized carbons (Fsp3) is 1.00. The highest BCUT2D eigenvalue weighted by atomic mass is 35.5. The molecule has 1 rings (SSSR count). The molecular weight excluding hydrogens is 230 g/mol. The van der Waals surface area contributed by atoms with Crippen molar-refractivity contribution in [2.75, 3.05) is 25.5 Å². The SMILES string of the molecule is CCCCCCCCCCN1CCC(CCl)C1. The first-order valence-electron chi connectivity index (χ1n) is 7.65. The van der Waals surface area contributed by atoms with Gasteiger partial charge in [0.15, 0.2) is 0 Å². The van der Waals surface area contributed by atoms with Crippen molar-refractivity contribution in [1.29, 1.82) is 0 Å². The van der Waals surface area contributed by atoms with Crippen molar-refractivity contribution in [1.82, 2.24) is 4.90 Å². The Kier molecular flexibility index (Phi) is 9.18. The minimum absolute atomic E-state index is 0.769. The van der Waals surface area contributed by atoms with Crippen molar-refractivity contribution < 1.29 is 0 Å². The number of nitrogens with zero attached hydrogens (tertiary/aromatic N) is 1. The molecule has 0 aliphatic carbocycles. The van der Waals surface area contributed by atoms with Crippen molar-refractivity contribution in [3.8, 4) is 0 Å². The average molecular weight is 260 g/mol. The van der Waals surface area contributed by atoms with Gasteiger partial charge in [0.25, 0.3) is 0 Å². The zero-order valence-corrected chi connectivity index (χ0v) is 12.4. The first-order chi connectivity index (χ1) is 8.36. The fourth-order valence-corrected chi connectivity index (χ4v) is 2.96. The molecule has 1 heterocycles. The lowest BCUT2D eigenvalue weighted by molar-refractivity contribution is 0.318. The van der Waals surface area contributed by atoms with E-state index in [1.54, 1.807) is 0 Å². The van der Waals surface area contributed by atoms with Gasteiger partial charge in [0, 0.05) is 12.4 Å². The highest BCUT2D eigenvalue weighted by Crippen LogP contribution is 2.18. The molecule has 0 aromatic heterocycles. The van der Waals surface area contributed by atoms with Crippen molar-refractivity contribution >= 4 is 11.6 Å². The van der Waals surface area contributed by atoms with Crippen LogP contribution in [0.15, 0.2) is 0 Å². The molecule has 0 spiro atoms. The van der Waals surface area contributed by atoms with Gasteiger partial charge in [-0.2, -0.15) is 0 Å². The molecule has 17 heavy (non-hydrogen) atoms. The highest BCUT2D eigenvalue weighted by Gasteiger charge is 2.20. The van der Waals surface area contributed by atoms with Gasteiger partial charge < -0.3 is 4.90 Å². The average Bonchev–Trinajstić information content (AvgIpc) is 2.80. The Morgan fingerprint density at radius 2 is 1.65 bits per heavy atom. The van der Waals surface area contributed by atoms with Crippen LogP contribution < -0.4 is 0 Å². The Labute approximate surface area is 113 Å². The van der Waals surface area contributed by atoms with E-state index in [0.29, 0.717) is 0 Å². The number of halogens is 1. The minimum Gasteiger partial charge on any atom is -0.303 e. The Hall–Kier alpha value is 0.250. The van der Waals surface area contributed by atoms with Gasteiger partial charge in [0.2, 0.25) is 0 Å². The van der Waals surface area contributed by atoms with Gasteiger partial charge in [-0.05, 0) is 31.8 Å². The Morgan fingerprint density at radius 3 is 2.24 bits per heavy atom. The molecule has 0 amide bonds. The van der Waals surface area contributed by atoms with Crippen LogP contribution in [0, 0.1) is 5.92 Å². The van der Waals surface area contributed by atoms with Gasteiger partial charge in [0.05, 0.1) is 0 Å². The number of alkyl halides is 1. The van der Waals surface area contributed by atoms with Gasteiger partial charge in [-0.3, -0.25) is 0 Å². The van der Waals surface area contributed by atoms with Gasteiger partial charge in [-0.1, -0.05) is 51.9 Å². The van der Waals surface area contributed by atoms with Crippen molar-refractivity contribution in [2.45, 2.75) is 64.7 Å². The summed E-state index contributed by atoms with van der Waals surface area (Å²) in [6.07, 6.45) is 12.7. The second kappa shape index (κ2) is 10.2. The summed E-state index contributed by atoms with van der Waals surface area (Å²) in [5, 5.41) is 0. The Balaban J connectivity index is 1.81. The fourth-order valence-electron chi connectivity index (χ4n) is 2.71. The molecule has 1 aliphatic heterocycles. The van der Waals surface area contributed by atoms with Crippen LogP contribution in [-0.4, -0.2) is 30.4 Å². The molecule has 1 unspecified atom stereocenters. The van der Waals surface area contributed by atoms with E-state index in [2.05, 4.69) is 11.8 Å². The normalized spacial score (nSPS) is 21.2. The molecule has 0 N–H and O–H groups in total. The zero-order chi connectivity index (χ0) is 12.3. The van der Waals surface area contributed by atoms with Gasteiger partial charge in [-0.25, -0.2) is 0 Å². The second-order valence-electron chi connectivity index (χ2n) is 5.58. The first kappa shape index (κ1) is 15.3. The number of unbranched alkanes of at least 4 members (excludes halogenated alkanes) is 7. The van der Waals surface area contributed by atoms with Gasteiger partial charge in [-0.15, -0.1) is 11.6 Å². The number of likely N-dealkylation sites (tertiary alicyclic amines) is 1. The van der Waals surface area contributed by atoms with E-state index in [0.717, 1.165) is 11.8 Å². The predicted molar refractivity (Wildman–Crippen MR) is 77.9 cm³/mol. The summed E-state index contributed by atoms with van der Waals surface area (Å²) in [7, 11) is 0. The van der Waals surface area contributed by atoms with E-state index in [-0.39, 0.29) is 0 Å². The number of hydrogen-bond acceptors (Lipinski definition) is 1. The zero-order valence-electron chi connectivity index (χ0n) is 11.6. The van der Waals surface area contributed by atoms with E-state index in [4.69, 9.17) is 11.6 Å². The third-order valence-corrected chi connectivity index (χ3v) is 4.35. The molecule has 1 nitrogen and oxygen atoms in total. The molecule has 1 fully saturated rings. The molecule has 0 aromatic carbocycles. The van der Waals surface area contributed by atoms with Crippen molar-refractivity contribution in [3.05, 3.63) is 0 Å². The molecule has 0 aromatic rings. The summed E-state index contributed by atoms with van der Waals surface area (Å²) in [5.41, 5.74) is 0. The van der Waals surface area contributed by atoms with Crippen LogP contribution in [0.5, 0.6) is 0 Å². The molecule has 0 radical (unpaired) electrons. The quantitative estimate of drug-likeness (QED) is 0.406. The third kappa shape index (κ3) is 7.31. The summed E-state index contributed by atoms with van der Waals surface area (Å²) in [6.45, 7) is 6.13. The van der Waals surface area contributed by atoms with E-state index >= 15 is 0 Å². The van der Waals surface area contributed by atoms with E-state index < -0.39 is 0 Å². The minimum atomic E-state index is 0.769. The van der Waals surface area contributed by atoms with E-state index in [9.17, 15) is 0 Å². The largest absolute Gasteiger partial charge is 0.303 e. The lowest BCUT2D eigenvalue weighted by Crippen LogP contribution is -2.22. The van der Waals surface area contributed by atoms with Crippen LogP contribution in [0.4, 0.5) is 0 Å². The molecule has 1 saturated heterocycles. The monoisotopic (exact) mass is 259 g/mol. The van der Waals surface area contributed by atoms with Crippen LogP contribution >= 0.6 is 11.6 Å². The standard InChI is InChI=1S/C15H30ClN/c1-2-3-4-5-6-7-8-9-11-17-12-10-15(13-16)14-17/h15H,2-14H2,1H3. The Morgan fingerprint density at radius 1 is 1.00 bits per heavy atom. The second-order valence-corrected chi connectivity index (χ2v) is 5.89. The summed E-state index contributed by atoms with van der Waals surface area (Å²) >= 11 is 5.89. The molecule has 0 bridgehead atoms. The lowest BCUT2D eigenvalue weighted by Gasteiger charge is -2.14. The third-order valence-electron chi connectivity index (χ3n) is 3.92. The number of rotatable bonds is 10. The smallest absolute Gasteiger partial charge is 0.0264 e. The molecule has 1 atom stereocenters. The number of hydrogen-bond donors (Lipinski definition) is 0. The summed E-state index contributed by atoms with van der Waals surface area (Å²) in [4.78, 5) is 2.60.